The quantitative estimate of drug-likeness (QED) is 0.271. The van der Waals surface area contributed by atoms with Crippen LogP contribution in [0.2, 0.25) is 0 Å². The number of carbonyl (C=O) groups excluding carboxylic acids is 1. The Bertz CT molecular complexity index is 629. The molecule has 1 atom stereocenters. The number of carbonyl (C=O) groups is 1. The van der Waals surface area contributed by atoms with Crippen molar-refractivity contribution in [3.63, 3.8) is 0 Å². The highest BCUT2D eigenvalue weighted by Crippen LogP contribution is 2.19. The molecule has 28 heavy (non-hydrogen) atoms. The molecule has 1 aliphatic rings. The van der Waals surface area contributed by atoms with Gasteiger partial charge in [0, 0.05) is 38.3 Å². The fourth-order valence-electron chi connectivity index (χ4n) is 3.59. The van der Waals surface area contributed by atoms with E-state index in [0.29, 0.717) is 0 Å². The number of hydrogen-bond acceptors (Lipinski definition) is 4. The third-order valence-corrected chi connectivity index (χ3v) is 5.14. The van der Waals surface area contributed by atoms with E-state index in [1.807, 2.05) is 13.1 Å². The zero-order valence-corrected chi connectivity index (χ0v) is 20.0. The summed E-state index contributed by atoms with van der Waals surface area (Å²) in [5, 5.41) is 7.18. The van der Waals surface area contributed by atoms with E-state index in [2.05, 4.69) is 65.6 Å². The van der Waals surface area contributed by atoms with Gasteiger partial charge in [-0.25, -0.2) is 0 Å². The van der Waals surface area contributed by atoms with Crippen LogP contribution in [0.15, 0.2) is 35.3 Å². The number of rotatable bonds is 6. The lowest BCUT2D eigenvalue weighted by Gasteiger charge is -2.36. The number of nitrogens with zero attached hydrogens (tertiary/aromatic N) is 2. The number of hydrogen-bond donors (Lipinski definition) is 2. The molecule has 0 bridgehead atoms. The second-order valence-corrected chi connectivity index (χ2v) is 7.85. The molecular formula is C21H35IN4O2. The molecular weight excluding hydrogens is 467 g/mol. The lowest BCUT2D eigenvalue weighted by atomic mass is 9.97. The number of methoxy groups -OCH3 is 1. The zero-order chi connectivity index (χ0) is 19.9. The second kappa shape index (κ2) is 11.6. The number of likely N-dealkylation sites (tertiary alicyclic amines) is 1. The van der Waals surface area contributed by atoms with E-state index in [4.69, 9.17) is 4.74 Å². The maximum absolute atomic E-state index is 11.7. The summed E-state index contributed by atoms with van der Waals surface area (Å²) in [6.45, 7) is 8.95. The van der Waals surface area contributed by atoms with Gasteiger partial charge >= 0.3 is 5.97 Å². The Labute approximate surface area is 186 Å². The highest BCUT2D eigenvalue weighted by Gasteiger charge is 2.28. The molecule has 0 aliphatic carbocycles. The van der Waals surface area contributed by atoms with Crippen LogP contribution in [0.5, 0.6) is 0 Å². The van der Waals surface area contributed by atoms with Crippen LogP contribution >= 0.6 is 24.0 Å². The number of guanidine groups is 1. The predicted molar refractivity (Wildman–Crippen MR) is 125 cm³/mol. The Morgan fingerprint density at radius 3 is 2.43 bits per heavy atom. The van der Waals surface area contributed by atoms with Gasteiger partial charge in [-0.3, -0.25) is 9.79 Å². The lowest BCUT2D eigenvalue weighted by molar-refractivity contribution is -0.146. The van der Waals surface area contributed by atoms with Crippen molar-refractivity contribution in [2.45, 2.75) is 45.2 Å². The molecule has 1 fully saturated rings. The fraction of sp³-hybridized carbons (Fsp3) is 0.619. The summed E-state index contributed by atoms with van der Waals surface area (Å²) in [4.78, 5) is 18.3. The van der Waals surface area contributed by atoms with Crippen LogP contribution in [-0.2, 0) is 9.53 Å². The monoisotopic (exact) mass is 502 g/mol. The van der Waals surface area contributed by atoms with Crippen LogP contribution in [-0.4, -0.2) is 56.2 Å². The van der Waals surface area contributed by atoms with Crippen molar-refractivity contribution < 1.29 is 9.53 Å². The smallest absolute Gasteiger partial charge is 0.308 e. The number of piperidine rings is 1. The van der Waals surface area contributed by atoms with E-state index in [0.717, 1.165) is 38.4 Å². The molecule has 1 aromatic rings. The molecule has 1 aliphatic heterocycles. The van der Waals surface area contributed by atoms with Crippen molar-refractivity contribution >= 4 is 35.9 Å². The molecule has 2 N–H and O–H groups in total. The van der Waals surface area contributed by atoms with E-state index in [9.17, 15) is 4.79 Å². The van der Waals surface area contributed by atoms with E-state index in [1.165, 1.54) is 12.7 Å². The van der Waals surface area contributed by atoms with Crippen molar-refractivity contribution in [2.24, 2.45) is 10.9 Å². The van der Waals surface area contributed by atoms with E-state index >= 15 is 0 Å². The summed E-state index contributed by atoms with van der Waals surface area (Å²) in [5.74, 6) is 0.799. The molecule has 7 heteroatoms. The number of nitrogens with one attached hydrogen (secondary N) is 2. The first-order valence-electron chi connectivity index (χ1n) is 9.72. The van der Waals surface area contributed by atoms with Crippen LogP contribution in [0.3, 0.4) is 0 Å². The SMILES string of the molecule is CN=C(NCC(C)(C)NC(C)c1ccccc1)N1CCC(C(=O)OC)CC1.I. The van der Waals surface area contributed by atoms with Gasteiger partial charge in [0.05, 0.1) is 13.0 Å². The summed E-state index contributed by atoms with van der Waals surface area (Å²) >= 11 is 0. The Morgan fingerprint density at radius 2 is 1.89 bits per heavy atom. The van der Waals surface area contributed by atoms with Gasteiger partial charge in [0.1, 0.15) is 0 Å². The summed E-state index contributed by atoms with van der Waals surface area (Å²) in [6.07, 6.45) is 1.61. The largest absolute Gasteiger partial charge is 0.469 e. The highest BCUT2D eigenvalue weighted by atomic mass is 127. The average molecular weight is 502 g/mol. The standard InChI is InChI=1S/C21H34N4O2.HI/c1-16(17-9-7-6-8-10-17)24-21(2,3)15-23-20(22-4)25-13-11-18(12-14-25)19(26)27-5;/h6-10,16,18,24H,11-15H2,1-5H3,(H,22,23);1H. The Kier molecular flexibility index (Phi) is 10.2. The van der Waals surface area contributed by atoms with Crippen LogP contribution in [0, 0.1) is 5.92 Å². The number of benzene rings is 1. The predicted octanol–water partition coefficient (Wildman–Crippen LogP) is 3.19. The van der Waals surface area contributed by atoms with Crippen molar-refractivity contribution in [3.8, 4) is 0 Å². The molecule has 0 spiro atoms. The maximum Gasteiger partial charge on any atom is 0.308 e. The zero-order valence-electron chi connectivity index (χ0n) is 17.7. The molecule has 6 nitrogen and oxygen atoms in total. The van der Waals surface area contributed by atoms with Crippen molar-refractivity contribution in [1.82, 2.24) is 15.5 Å². The van der Waals surface area contributed by atoms with Crippen LogP contribution in [0.4, 0.5) is 0 Å². The van der Waals surface area contributed by atoms with E-state index in [1.54, 1.807) is 0 Å². The van der Waals surface area contributed by atoms with Crippen LogP contribution < -0.4 is 10.6 Å². The third-order valence-electron chi connectivity index (χ3n) is 5.14. The molecule has 1 saturated heterocycles. The summed E-state index contributed by atoms with van der Waals surface area (Å²) in [6, 6.07) is 10.7. The molecule has 158 valence electrons. The first-order chi connectivity index (χ1) is 12.9. The summed E-state index contributed by atoms with van der Waals surface area (Å²) < 4.78 is 4.87. The molecule has 0 aromatic heterocycles. The van der Waals surface area contributed by atoms with Gasteiger partial charge in [0.15, 0.2) is 5.96 Å². The molecule has 0 saturated carbocycles. The van der Waals surface area contributed by atoms with Gasteiger partial charge in [0.2, 0.25) is 0 Å². The van der Waals surface area contributed by atoms with E-state index in [-0.39, 0.29) is 47.4 Å². The van der Waals surface area contributed by atoms with Gasteiger partial charge in [0.25, 0.3) is 0 Å². The first-order valence-corrected chi connectivity index (χ1v) is 9.72. The molecule has 1 unspecified atom stereocenters. The van der Waals surface area contributed by atoms with Gasteiger partial charge in [-0.2, -0.15) is 0 Å². The van der Waals surface area contributed by atoms with Crippen molar-refractivity contribution in [2.75, 3.05) is 33.8 Å². The normalized spacial score (nSPS) is 16.9. The molecule has 1 heterocycles. The minimum Gasteiger partial charge on any atom is -0.469 e. The van der Waals surface area contributed by atoms with Crippen molar-refractivity contribution in [1.29, 1.82) is 0 Å². The molecule has 2 rings (SSSR count). The first kappa shape index (κ1) is 24.7. The number of halogens is 1. The summed E-state index contributed by atoms with van der Waals surface area (Å²) in [5.41, 5.74) is 1.18. The average Bonchev–Trinajstić information content (AvgIpc) is 2.68. The van der Waals surface area contributed by atoms with Gasteiger partial charge in [-0.1, -0.05) is 30.3 Å². The van der Waals surface area contributed by atoms with Crippen molar-refractivity contribution in [3.05, 3.63) is 35.9 Å². The number of aliphatic imine (C=N–C) groups is 1. The lowest BCUT2D eigenvalue weighted by Crippen LogP contribution is -2.54. The van der Waals surface area contributed by atoms with Gasteiger partial charge < -0.3 is 20.3 Å². The number of ether oxygens (including phenoxy) is 1. The van der Waals surface area contributed by atoms with Crippen LogP contribution in [0.1, 0.15) is 45.2 Å². The maximum atomic E-state index is 11.7. The second-order valence-electron chi connectivity index (χ2n) is 7.85. The third kappa shape index (κ3) is 7.24. The van der Waals surface area contributed by atoms with Crippen LogP contribution in [0.25, 0.3) is 0 Å². The Morgan fingerprint density at radius 1 is 1.29 bits per heavy atom. The van der Waals surface area contributed by atoms with Gasteiger partial charge in [-0.15, -0.1) is 24.0 Å². The highest BCUT2D eigenvalue weighted by molar-refractivity contribution is 14.0. The minimum absolute atomic E-state index is 0. The number of esters is 1. The topological polar surface area (TPSA) is 66.0 Å². The summed E-state index contributed by atoms with van der Waals surface area (Å²) in [7, 11) is 3.27. The molecule has 0 amide bonds. The fourth-order valence-corrected chi connectivity index (χ4v) is 3.59. The molecule has 0 radical (unpaired) electrons. The van der Waals surface area contributed by atoms with Gasteiger partial charge in [-0.05, 0) is 39.2 Å². The minimum atomic E-state index is -0.102. The molecule has 1 aromatic carbocycles. The Hall–Kier alpha value is -1.35. The van der Waals surface area contributed by atoms with E-state index < -0.39 is 0 Å². The Balaban J connectivity index is 0.00000392.